The van der Waals surface area contributed by atoms with Crippen LogP contribution >= 0.6 is 0 Å². The van der Waals surface area contributed by atoms with E-state index in [1.807, 2.05) is 6.92 Å². The average molecular weight is 113 g/mol. The maximum Gasteiger partial charge on any atom is 0.149 e. The minimum atomic E-state index is 0.302. The molecule has 1 heterocycles. The highest BCUT2D eigenvalue weighted by Gasteiger charge is 2.15. The molecule has 0 bridgehead atoms. The summed E-state index contributed by atoms with van der Waals surface area (Å²) in [6.45, 7) is 3.58. The Morgan fingerprint density at radius 2 is 2.50 bits per heavy atom. The molecule has 0 unspecified atom stereocenters. The third-order valence-corrected chi connectivity index (χ3v) is 1.60. The summed E-state index contributed by atoms with van der Waals surface area (Å²) >= 11 is 0. The van der Waals surface area contributed by atoms with Crippen molar-refractivity contribution >= 4 is 5.78 Å². The molecular weight excluding hydrogens is 102 g/mol. The zero-order chi connectivity index (χ0) is 5.98. The van der Waals surface area contributed by atoms with Crippen LogP contribution in [0.25, 0.3) is 0 Å². The molecule has 0 spiro atoms. The Morgan fingerprint density at radius 1 is 1.75 bits per heavy atom. The second-order valence-electron chi connectivity index (χ2n) is 2.33. The second-order valence-corrected chi connectivity index (χ2v) is 2.33. The fourth-order valence-electron chi connectivity index (χ4n) is 0.865. The first-order valence-corrected chi connectivity index (χ1v) is 3.04. The lowest BCUT2D eigenvalue weighted by molar-refractivity contribution is -0.122. The summed E-state index contributed by atoms with van der Waals surface area (Å²) in [6.07, 6.45) is 1.01. The molecular formula is C6H11NO. The Morgan fingerprint density at radius 3 is 2.88 bits per heavy atom. The molecule has 0 saturated carbocycles. The molecule has 0 radical (unpaired) electrons. The normalized spacial score (nSPS) is 30.6. The molecule has 1 N–H and O–H groups in total. The second kappa shape index (κ2) is 2.27. The van der Waals surface area contributed by atoms with Gasteiger partial charge in [-0.25, -0.2) is 0 Å². The number of rotatable bonds is 0. The number of hydrogen-bond donors (Lipinski definition) is 1. The van der Waals surface area contributed by atoms with E-state index in [0.29, 0.717) is 18.2 Å². The van der Waals surface area contributed by atoms with Crippen molar-refractivity contribution in [1.29, 1.82) is 0 Å². The molecule has 2 nitrogen and oxygen atoms in total. The number of piperidine rings is 1. The first kappa shape index (κ1) is 5.76. The molecule has 8 heavy (non-hydrogen) atoms. The summed E-state index contributed by atoms with van der Waals surface area (Å²) < 4.78 is 0. The van der Waals surface area contributed by atoms with E-state index >= 15 is 0 Å². The Kier molecular flexibility index (Phi) is 1.63. The van der Waals surface area contributed by atoms with Crippen molar-refractivity contribution in [2.45, 2.75) is 13.3 Å². The van der Waals surface area contributed by atoms with Gasteiger partial charge in [0.05, 0.1) is 6.54 Å². The molecule has 1 atom stereocenters. The van der Waals surface area contributed by atoms with E-state index < -0.39 is 0 Å². The minimum absolute atomic E-state index is 0.302. The fourth-order valence-corrected chi connectivity index (χ4v) is 0.865. The lowest BCUT2D eigenvalue weighted by atomic mass is 10.00. The summed E-state index contributed by atoms with van der Waals surface area (Å²) in [6, 6.07) is 0. The molecule has 1 aliphatic heterocycles. The third kappa shape index (κ3) is 1.07. The van der Waals surface area contributed by atoms with Crippen LogP contribution in [0.1, 0.15) is 13.3 Å². The zero-order valence-electron chi connectivity index (χ0n) is 5.11. The lowest BCUT2D eigenvalue weighted by Crippen LogP contribution is -2.35. The van der Waals surface area contributed by atoms with Crippen molar-refractivity contribution in [2.24, 2.45) is 5.92 Å². The van der Waals surface area contributed by atoms with Crippen LogP contribution in [0.2, 0.25) is 0 Å². The van der Waals surface area contributed by atoms with Crippen LogP contribution in [-0.2, 0) is 4.79 Å². The van der Waals surface area contributed by atoms with Crippen LogP contribution in [0.4, 0.5) is 0 Å². The van der Waals surface area contributed by atoms with Crippen molar-refractivity contribution in [3.63, 3.8) is 0 Å². The molecule has 0 aromatic rings. The van der Waals surface area contributed by atoms with Gasteiger partial charge in [0.2, 0.25) is 0 Å². The largest absolute Gasteiger partial charge is 0.310 e. The van der Waals surface area contributed by atoms with Gasteiger partial charge < -0.3 is 5.32 Å². The van der Waals surface area contributed by atoms with E-state index in [4.69, 9.17) is 0 Å². The summed E-state index contributed by atoms with van der Waals surface area (Å²) in [5, 5.41) is 3.02. The summed E-state index contributed by atoms with van der Waals surface area (Å²) in [5.74, 6) is 0.660. The molecule has 0 aliphatic carbocycles. The summed E-state index contributed by atoms with van der Waals surface area (Å²) in [7, 11) is 0. The maximum atomic E-state index is 10.7. The van der Waals surface area contributed by atoms with Gasteiger partial charge in [0.15, 0.2) is 0 Å². The highest BCUT2D eigenvalue weighted by Crippen LogP contribution is 2.04. The van der Waals surface area contributed by atoms with Gasteiger partial charge in [-0.15, -0.1) is 0 Å². The molecule has 1 fully saturated rings. The van der Waals surface area contributed by atoms with E-state index in [1.54, 1.807) is 0 Å². The lowest BCUT2D eigenvalue weighted by Gasteiger charge is -2.16. The van der Waals surface area contributed by atoms with Gasteiger partial charge in [-0.3, -0.25) is 4.79 Å². The molecule has 0 aromatic heterocycles. The van der Waals surface area contributed by atoms with E-state index in [0.717, 1.165) is 13.0 Å². The quantitative estimate of drug-likeness (QED) is 0.485. The maximum absolute atomic E-state index is 10.7. The molecule has 2 heteroatoms. The first-order valence-electron chi connectivity index (χ1n) is 3.04. The number of ketones is 1. The van der Waals surface area contributed by atoms with Gasteiger partial charge in [0.25, 0.3) is 0 Å². The van der Waals surface area contributed by atoms with Crippen LogP contribution < -0.4 is 5.32 Å². The van der Waals surface area contributed by atoms with Crippen LogP contribution in [-0.4, -0.2) is 18.9 Å². The predicted octanol–water partition coefficient (Wildman–Crippen LogP) is 0.185. The monoisotopic (exact) mass is 113 g/mol. The van der Waals surface area contributed by atoms with Gasteiger partial charge in [0, 0.05) is 5.92 Å². The van der Waals surface area contributed by atoms with Gasteiger partial charge in [-0.1, -0.05) is 6.92 Å². The van der Waals surface area contributed by atoms with Crippen molar-refractivity contribution in [3.05, 3.63) is 0 Å². The summed E-state index contributed by atoms with van der Waals surface area (Å²) in [4.78, 5) is 10.7. The Balaban J connectivity index is 2.39. The van der Waals surface area contributed by atoms with Crippen molar-refractivity contribution in [1.82, 2.24) is 5.32 Å². The Bertz CT molecular complexity index is 101. The third-order valence-electron chi connectivity index (χ3n) is 1.60. The standard InChI is InChI=1S/C6H11NO/c1-5-2-3-7-4-6(5)8/h5,7H,2-4H2,1H3/t5-/m0/s1. The van der Waals surface area contributed by atoms with Gasteiger partial charge in [0.1, 0.15) is 5.78 Å². The van der Waals surface area contributed by atoms with Crippen molar-refractivity contribution in [3.8, 4) is 0 Å². The minimum Gasteiger partial charge on any atom is -0.310 e. The number of carbonyl (C=O) groups is 1. The fraction of sp³-hybridized carbons (Fsp3) is 0.833. The Hall–Kier alpha value is -0.370. The van der Waals surface area contributed by atoms with E-state index in [9.17, 15) is 4.79 Å². The van der Waals surface area contributed by atoms with Crippen LogP contribution in [0.5, 0.6) is 0 Å². The molecule has 1 rings (SSSR count). The molecule has 1 aliphatic rings. The average Bonchev–Trinajstić information content (AvgIpc) is 1.77. The van der Waals surface area contributed by atoms with Crippen LogP contribution in [0, 0.1) is 5.92 Å². The number of hydrogen-bond acceptors (Lipinski definition) is 2. The highest BCUT2D eigenvalue weighted by atomic mass is 16.1. The zero-order valence-corrected chi connectivity index (χ0v) is 5.11. The SMILES string of the molecule is C[C@H]1CCNCC1=O. The number of Topliss-reactive ketones (excluding diaryl/α,β-unsaturated/α-hetero) is 1. The molecule has 0 amide bonds. The topological polar surface area (TPSA) is 29.1 Å². The summed E-state index contributed by atoms with van der Waals surface area (Å²) in [5.41, 5.74) is 0. The van der Waals surface area contributed by atoms with Gasteiger partial charge >= 0.3 is 0 Å². The van der Waals surface area contributed by atoms with E-state index in [2.05, 4.69) is 5.32 Å². The highest BCUT2D eigenvalue weighted by molar-refractivity contribution is 5.83. The molecule has 46 valence electrons. The molecule has 1 saturated heterocycles. The van der Waals surface area contributed by atoms with Gasteiger partial charge in [-0.2, -0.15) is 0 Å². The predicted molar refractivity (Wildman–Crippen MR) is 31.7 cm³/mol. The number of nitrogens with one attached hydrogen (secondary N) is 1. The Labute approximate surface area is 49.3 Å². The smallest absolute Gasteiger partial charge is 0.149 e. The number of carbonyl (C=O) groups excluding carboxylic acids is 1. The van der Waals surface area contributed by atoms with Crippen LogP contribution in [0.3, 0.4) is 0 Å². The van der Waals surface area contributed by atoms with Crippen molar-refractivity contribution in [2.75, 3.05) is 13.1 Å². The van der Waals surface area contributed by atoms with E-state index in [-0.39, 0.29) is 0 Å². The first-order chi connectivity index (χ1) is 3.80. The van der Waals surface area contributed by atoms with Crippen molar-refractivity contribution < 1.29 is 4.79 Å². The van der Waals surface area contributed by atoms with E-state index in [1.165, 1.54) is 0 Å². The molecule has 0 aromatic carbocycles. The van der Waals surface area contributed by atoms with Gasteiger partial charge in [-0.05, 0) is 13.0 Å². The van der Waals surface area contributed by atoms with Crippen LogP contribution in [0.15, 0.2) is 0 Å².